The summed E-state index contributed by atoms with van der Waals surface area (Å²) in [6, 6.07) is 11.0. The Labute approximate surface area is 144 Å². The molecule has 0 atom stereocenters. The zero-order valence-electron chi connectivity index (χ0n) is 13.6. The van der Waals surface area contributed by atoms with Gasteiger partial charge < -0.3 is 18.8 Å². The van der Waals surface area contributed by atoms with Gasteiger partial charge in [0.05, 0.1) is 12.8 Å². The fraction of sp³-hybridized carbons (Fsp3) is 0.158. The molecule has 4 rings (SSSR count). The molecule has 1 aliphatic heterocycles. The predicted octanol–water partition coefficient (Wildman–Crippen LogP) is 3.56. The second-order valence-corrected chi connectivity index (χ2v) is 5.72. The molecule has 6 heteroatoms. The maximum absolute atomic E-state index is 13.1. The number of rotatable bonds is 4. The highest BCUT2D eigenvalue weighted by Gasteiger charge is 2.24. The number of benzene rings is 1. The van der Waals surface area contributed by atoms with Crippen molar-refractivity contribution in [2.45, 2.75) is 13.5 Å². The Bertz CT molecular complexity index is 905. The van der Waals surface area contributed by atoms with Crippen molar-refractivity contribution in [2.24, 2.45) is 0 Å². The fourth-order valence-corrected chi connectivity index (χ4v) is 2.72. The number of amides is 1. The van der Waals surface area contributed by atoms with Crippen LogP contribution in [0, 0.1) is 6.92 Å². The van der Waals surface area contributed by atoms with Gasteiger partial charge in [0.25, 0.3) is 5.91 Å². The lowest BCUT2D eigenvalue weighted by atomic mass is 10.2. The number of hydrogen-bond donors (Lipinski definition) is 0. The number of fused-ring (bicyclic) bond motifs is 1. The largest absolute Gasteiger partial charge is 0.459 e. The molecule has 1 aromatic carbocycles. The molecule has 0 bridgehead atoms. The number of hydrogen-bond acceptors (Lipinski definition) is 5. The molecule has 0 unspecified atom stereocenters. The lowest BCUT2D eigenvalue weighted by molar-refractivity contribution is 0.0957. The van der Waals surface area contributed by atoms with Gasteiger partial charge in [0.1, 0.15) is 0 Å². The van der Waals surface area contributed by atoms with Crippen LogP contribution in [0.4, 0.5) is 5.69 Å². The molecule has 1 aliphatic rings. The summed E-state index contributed by atoms with van der Waals surface area (Å²) in [5.74, 6) is 1.40. The minimum atomic E-state index is -0.217. The molecular weight excluding hydrogens is 320 g/mol. The second kappa shape index (κ2) is 6.32. The maximum atomic E-state index is 13.1. The van der Waals surface area contributed by atoms with Crippen LogP contribution in [0.3, 0.4) is 0 Å². The van der Waals surface area contributed by atoms with E-state index in [-0.39, 0.29) is 12.7 Å². The summed E-state index contributed by atoms with van der Waals surface area (Å²) in [4.78, 5) is 18.8. The topological polar surface area (TPSA) is 64.8 Å². The lowest BCUT2D eigenvalue weighted by Crippen LogP contribution is -2.30. The third-order valence-electron chi connectivity index (χ3n) is 4.03. The summed E-state index contributed by atoms with van der Waals surface area (Å²) < 4.78 is 16.2. The molecular formula is C19H16N2O4. The highest BCUT2D eigenvalue weighted by Crippen LogP contribution is 2.36. The van der Waals surface area contributed by atoms with Crippen molar-refractivity contribution in [3.05, 3.63) is 71.9 Å². The van der Waals surface area contributed by atoms with E-state index in [0.29, 0.717) is 29.5 Å². The Kier molecular flexibility index (Phi) is 3.85. The number of carbonyl (C=O) groups is 1. The van der Waals surface area contributed by atoms with Gasteiger partial charge in [0.2, 0.25) is 6.79 Å². The van der Waals surface area contributed by atoms with E-state index in [1.807, 2.05) is 25.1 Å². The van der Waals surface area contributed by atoms with Crippen LogP contribution in [0.2, 0.25) is 0 Å². The first-order valence-electron chi connectivity index (χ1n) is 7.87. The third-order valence-corrected chi connectivity index (χ3v) is 4.03. The molecule has 0 aliphatic carbocycles. The SMILES string of the molecule is Cc1ccoc1C(=O)N(Cc1cccnc1)c1ccc2c(c1)OCO2. The number of ether oxygens (including phenoxy) is 2. The van der Waals surface area contributed by atoms with Gasteiger partial charge in [-0.1, -0.05) is 6.07 Å². The number of anilines is 1. The van der Waals surface area contributed by atoms with Gasteiger partial charge in [-0.3, -0.25) is 9.78 Å². The van der Waals surface area contributed by atoms with Crippen LogP contribution < -0.4 is 14.4 Å². The van der Waals surface area contributed by atoms with Crippen molar-refractivity contribution in [3.63, 3.8) is 0 Å². The molecule has 3 heterocycles. The third kappa shape index (κ3) is 2.94. The predicted molar refractivity (Wildman–Crippen MR) is 90.8 cm³/mol. The Morgan fingerprint density at radius 3 is 2.84 bits per heavy atom. The zero-order valence-corrected chi connectivity index (χ0v) is 13.6. The van der Waals surface area contributed by atoms with Crippen molar-refractivity contribution in [2.75, 3.05) is 11.7 Å². The van der Waals surface area contributed by atoms with E-state index in [0.717, 1.165) is 11.1 Å². The minimum absolute atomic E-state index is 0.187. The molecule has 0 radical (unpaired) electrons. The normalized spacial score (nSPS) is 12.2. The van der Waals surface area contributed by atoms with Crippen molar-refractivity contribution >= 4 is 11.6 Å². The molecule has 25 heavy (non-hydrogen) atoms. The van der Waals surface area contributed by atoms with Crippen LogP contribution in [0.5, 0.6) is 11.5 Å². The molecule has 126 valence electrons. The Balaban J connectivity index is 1.73. The zero-order chi connectivity index (χ0) is 17.2. The van der Waals surface area contributed by atoms with Crippen molar-refractivity contribution in [3.8, 4) is 11.5 Å². The number of furan rings is 1. The standard InChI is InChI=1S/C19H16N2O4/c1-13-6-8-23-18(13)19(22)21(11-14-3-2-7-20-10-14)15-4-5-16-17(9-15)25-12-24-16/h2-10H,11-12H2,1H3. The number of nitrogens with zero attached hydrogens (tertiary/aromatic N) is 2. The molecule has 0 N–H and O–H groups in total. The van der Waals surface area contributed by atoms with Crippen LogP contribution in [-0.4, -0.2) is 17.7 Å². The average Bonchev–Trinajstić information content (AvgIpc) is 3.28. The molecule has 3 aromatic rings. The first-order valence-corrected chi connectivity index (χ1v) is 7.87. The summed E-state index contributed by atoms with van der Waals surface area (Å²) >= 11 is 0. The first kappa shape index (κ1) is 15.3. The first-order chi connectivity index (χ1) is 12.2. The number of aryl methyl sites for hydroxylation is 1. The number of carbonyl (C=O) groups excluding carboxylic acids is 1. The van der Waals surface area contributed by atoms with Gasteiger partial charge in [0, 0.05) is 29.7 Å². The Hall–Kier alpha value is -3.28. The quantitative estimate of drug-likeness (QED) is 0.729. The van der Waals surface area contributed by atoms with Gasteiger partial charge in [-0.05, 0) is 36.8 Å². The monoisotopic (exact) mass is 336 g/mol. The van der Waals surface area contributed by atoms with E-state index in [1.165, 1.54) is 6.26 Å². The van der Waals surface area contributed by atoms with Crippen molar-refractivity contribution in [1.82, 2.24) is 4.98 Å². The van der Waals surface area contributed by atoms with E-state index in [1.54, 1.807) is 35.5 Å². The van der Waals surface area contributed by atoms with Crippen molar-refractivity contribution in [1.29, 1.82) is 0 Å². The lowest BCUT2D eigenvalue weighted by Gasteiger charge is -2.22. The van der Waals surface area contributed by atoms with Crippen LogP contribution in [0.15, 0.2) is 59.5 Å². The Morgan fingerprint density at radius 2 is 2.08 bits per heavy atom. The second-order valence-electron chi connectivity index (χ2n) is 5.72. The van der Waals surface area contributed by atoms with Gasteiger partial charge in [-0.15, -0.1) is 0 Å². The highest BCUT2D eigenvalue weighted by atomic mass is 16.7. The molecule has 2 aromatic heterocycles. The van der Waals surface area contributed by atoms with Gasteiger partial charge in [-0.2, -0.15) is 0 Å². The van der Waals surface area contributed by atoms with Crippen LogP contribution in [0.25, 0.3) is 0 Å². The average molecular weight is 336 g/mol. The van der Waals surface area contributed by atoms with Crippen molar-refractivity contribution < 1.29 is 18.7 Å². The number of aromatic nitrogens is 1. The fourth-order valence-electron chi connectivity index (χ4n) is 2.72. The number of pyridine rings is 1. The van der Waals surface area contributed by atoms with E-state index in [4.69, 9.17) is 13.9 Å². The molecule has 1 amide bonds. The highest BCUT2D eigenvalue weighted by molar-refractivity contribution is 6.05. The van der Waals surface area contributed by atoms with E-state index in [2.05, 4.69) is 4.98 Å². The summed E-state index contributed by atoms with van der Waals surface area (Å²) in [6.07, 6.45) is 4.96. The smallest absolute Gasteiger partial charge is 0.294 e. The van der Waals surface area contributed by atoms with Gasteiger partial charge in [0.15, 0.2) is 17.3 Å². The molecule has 6 nitrogen and oxygen atoms in total. The van der Waals surface area contributed by atoms with E-state index >= 15 is 0 Å². The van der Waals surface area contributed by atoms with Crippen LogP contribution in [0.1, 0.15) is 21.7 Å². The molecule has 0 saturated carbocycles. The molecule has 0 spiro atoms. The molecule has 0 saturated heterocycles. The summed E-state index contributed by atoms with van der Waals surface area (Å²) in [7, 11) is 0. The minimum Gasteiger partial charge on any atom is -0.459 e. The van der Waals surface area contributed by atoms with E-state index in [9.17, 15) is 4.79 Å². The Morgan fingerprint density at radius 1 is 1.20 bits per heavy atom. The summed E-state index contributed by atoms with van der Waals surface area (Å²) in [5, 5.41) is 0. The maximum Gasteiger partial charge on any atom is 0.294 e. The van der Waals surface area contributed by atoms with Crippen LogP contribution >= 0.6 is 0 Å². The van der Waals surface area contributed by atoms with Gasteiger partial charge >= 0.3 is 0 Å². The summed E-state index contributed by atoms with van der Waals surface area (Å²) in [5.41, 5.74) is 2.41. The summed E-state index contributed by atoms with van der Waals surface area (Å²) in [6.45, 7) is 2.40. The van der Waals surface area contributed by atoms with Gasteiger partial charge in [-0.25, -0.2) is 0 Å². The van der Waals surface area contributed by atoms with Crippen LogP contribution in [-0.2, 0) is 6.54 Å². The van der Waals surface area contributed by atoms with E-state index < -0.39 is 0 Å². The molecule has 0 fully saturated rings.